The molecule has 1 atom stereocenters. The Morgan fingerprint density at radius 3 is 1.89 bits per heavy atom. The largest absolute Gasteiger partial charge is 0.368 e. The molecule has 0 aliphatic rings. The van der Waals surface area contributed by atoms with E-state index in [4.69, 9.17) is 10.2 Å². The van der Waals surface area contributed by atoms with Gasteiger partial charge in [0, 0.05) is 27.7 Å². The Bertz CT molecular complexity index is 50.9. The number of aliphatic hydroxyl groups is 2. The molecule has 0 aliphatic heterocycles. The normalized spacial score (nSPS) is 13.0. The Morgan fingerprint density at radius 1 is 1.33 bits per heavy atom. The molecule has 1 unspecified atom stereocenters. The Morgan fingerprint density at radius 2 is 1.78 bits per heavy atom. The van der Waals surface area contributed by atoms with Crippen molar-refractivity contribution in [2.75, 3.05) is 0 Å². The minimum absolute atomic E-state index is 0. The van der Waals surface area contributed by atoms with E-state index in [1.807, 2.05) is 6.92 Å². The number of thiol groups is 1. The summed E-state index contributed by atoms with van der Waals surface area (Å²) in [5, 5.41) is 16.9. The predicted molar refractivity (Wildman–Crippen MR) is 35.9 cm³/mol. The van der Waals surface area contributed by atoms with Gasteiger partial charge in [-0.2, -0.15) is 12.6 Å². The number of aliphatic hydroxyl groups excluding tert-OH is 1. The Labute approximate surface area is 81.6 Å². The first-order valence-electron chi connectivity index (χ1n) is 2.67. The van der Waals surface area contributed by atoms with Gasteiger partial charge in [-0.15, -0.1) is 0 Å². The van der Waals surface area contributed by atoms with Crippen molar-refractivity contribution >= 4 is 12.6 Å². The van der Waals surface area contributed by atoms with Crippen LogP contribution in [0.15, 0.2) is 0 Å². The molecule has 0 aromatic rings. The Kier molecular flexibility index (Phi) is 10.4. The van der Waals surface area contributed by atoms with Gasteiger partial charge in [-0.3, -0.25) is 0 Å². The fraction of sp³-hybridized carbons (Fsp3) is 1.00. The maximum Gasteiger partial charge on any atom is 0.151 e. The topological polar surface area (TPSA) is 40.5 Å². The van der Waals surface area contributed by atoms with Crippen LogP contribution in [0.5, 0.6) is 0 Å². The van der Waals surface area contributed by atoms with Crippen molar-refractivity contribution in [2.45, 2.75) is 31.3 Å². The minimum atomic E-state index is -1.16. The van der Waals surface area contributed by atoms with Crippen LogP contribution in [0.3, 0.4) is 0 Å². The third-order valence-electron chi connectivity index (χ3n) is 0.843. The fourth-order valence-corrected chi connectivity index (χ4v) is 0.539. The zero-order valence-electron chi connectivity index (χ0n) is 5.62. The van der Waals surface area contributed by atoms with Gasteiger partial charge >= 0.3 is 0 Å². The van der Waals surface area contributed by atoms with E-state index in [-0.39, 0.29) is 32.9 Å². The summed E-state index contributed by atoms with van der Waals surface area (Å²) in [4.78, 5) is 0. The second kappa shape index (κ2) is 7.31. The molecule has 0 rings (SSSR count). The second-order valence-electron chi connectivity index (χ2n) is 1.91. The first-order valence-corrected chi connectivity index (χ1v) is 3.18. The molecule has 0 aromatic heterocycles. The SMILES string of the molecule is CC(S)CCC(O)O.[Hg]. The van der Waals surface area contributed by atoms with E-state index in [1.54, 1.807) is 0 Å². The minimum Gasteiger partial charge on any atom is -0.368 e. The molecule has 0 heterocycles. The molecule has 52 valence electrons. The van der Waals surface area contributed by atoms with E-state index in [0.717, 1.165) is 6.42 Å². The van der Waals surface area contributed by atoms with Gasteiger partial charge in [0.15, 0.2) is 6.29 Å². The van der Waals surface area contributed by atoms with Crippen LogP contribution in [0.25, 0.3) is 0 Å². The Balaban J connectivity index is 0. The molecule has 9 heavy (non-hydrogen) atoms. The number of hydrogen-bond donors (Lipinski definition) is 3. The van der Waals surface area contributed by atoms with Crippen molar-refractivity contribution in [3.63, 3.8) is 0 Å². The van der Waals surface area contributed by atoms with Crippen molar-refractivity contribution < 1.29 is 37.9 Å². The predicted octanol–water partition coefficient (Wildman–Crippen LogP) is 0.393. The third kappa shape index (κ3) is 12.4. The molecule has 4 heteroatoms. The van der Waals surface area contributed by atoms with Gasteiger partial charge in [-0.1, -0.05) is 6.92 Å². The summed E-state index contributed by atoms with van der Waals surface area (Å²) in [5.74, 6) is 0. The van der Waals surface area contributed by atoms with Crippen LogP contribution in [-0.4, -0.2) is 21.8 Å². The average Bonchev–Trinajstić information content (AvgIpc) is 1.61. The first kappa shape index (κ1) is 12.8. The van der Waals surface area contributed by atoms with Gasteiger partial charge in [-0.05, 0) is 18.1 Å². The second-order valence-corrected chi connectivity index (χ2v) is 2.79. The first-order chi connectivity index (χ1) is 3.63. The molecular formula is C5H12HgO2S. The fourth-order valence-electron chi connectivity index (χ4n) is 0.390. The number of hydrogen-bond acceptors (Lipinski definition) is 3. The molecule has 0 saturated carbocycles. The number of rotatable bonds is 3. The van der Waals surface area contributed by atoms with Gasteiger partial charge < -0.3 is 10.2 Å². The van der Waals surface area contributed by atoms with Crippen LogP contribution in [0.1, 0.15) is 19.8 Å². The molecule has 0 aromatic carbocycles. The van der Waals surface area contributed by atoms with Crippen LogP contribution < -0.4 is 0 Å². The van der Waals surface area contributed by atoms with Crippen molar-refractivity contribution in [3.8, 4) is 0 Å². The van der Waals surface area contributed by atoms with E-state index in [1.165, 1.54) is 0 Å². The standard InChI is InChI=1S/C5H12O2S.Hg/c1-4(8)2-3-5(6)7;/h4-8H,2-3H2,1H3;. The Hall–Kier alpha value is 1.21. The van der Waals surface area contributed by atoms with Gasteiger partial charge in [-0.25, -0.2) is 0 Å². The van der Waals surface area contributed by atoms with Crippen molar-refractivity contribution in [3.05, 3.63) is 0 Å². The summed E-state index contributed by atoms with van der Waals surface area (Å²) in [6, 6.07) is 0. The van der Waals surface area contributed by atoms with E-state index >= 15 is 0 Å². The summed E-state index contributed by atoms with van der Waals surface area (Å²) in [7, 11) is 0. The molecule has 0 saturated heterocycles. The zero-order chi connectivity index (χ0) is 6.57. The maximum absolute atomic E-state index is 8.32. The molecular weight excluding hydrogens is 325 g/mol. The summed E-state index contributed by atoms with van der Waals surface area (Å²) in [5.41, 5.74) is 0. The van der Waals surface area contributed by atoms with Crippen LogP contribution >= 0.6 is 12.6 Å². The third-order valence-corrected chi connectivity index (χ3v) is 1.10. The van der Waals surface area contributed by atoms with Gasteiger partial charge in [0.25, 0.3) is 0 Å². The summed E-state index contributed by atoms with van der Waals surface area (Å²) in [6.07, 6.45) is 0.00966. The molecule has 0 radical (unpaired) electrons. The smallest absolute Gasteiger partial charge is 0.151 e. The van der Waals surface area contributed by atoms with Crippen LogP contribution in [0.4, 0.5) is 0 Å². The van der Waals surface area contributed by atoms with Crippen LogP contribution in [0.2, 0.25) is 0 Å². The van der Waals surface area contributed by atoms with Crippen LogP contribution in [-0.2, 0) is 27.7 Å². The average molecular weight is 337 g/mol. The summed E-state index contributed by atoms with van der Waals surface area (Å²) >= 11 is 4.05. The molecule has 0 amide bonds. The molecule has 2 nitrogen and oxygen atoms in total. The van der Waals surface area contributed by atoms with Crippen molar-refractivity contribution in [1.29, 1.82) is 0 Å². The maximum atomic E-state index is 8.32. The molecule has 0 bridgehead atoms. The monoisotopic (exact) mass is 338 g/mol. The van der Waals surface area contributed by atoms with Gasteiger partial charge in [0.05, 0.1) is 0 Å². The van der Waals surface area contributed by atoms with E-state index in [9.17, 15) is 0 Å². The summed E-state index contributed by atoms with van der Waals surface area (Å²) < 4.78 is 0. The molecule has 2 N–H and O–H groups in total. The van der Waals surface area contributed by atoms with E-state index in [0.29, 0.717) is 6.42 Å². The van der Waals surface area contributed by atoms with Crippen molar-refractivity contribution in [2.24, 2.45) is 0 Å². The van der Waals surface area contributed by atoms with E-state index < -0.39 is 6.29 Å². The van der Waals surface area contributed by atoms with Crippen LogP contribution in [0, 0.1) is 0 Å². The van der Waals surface area contributed by atoms with Crippen molar-refractivity contribution in [1.82, 2.24) is 0 Å². The van der Waals surface area contributed by atoms with E-state index in [2.05, 4.69) is 12.6 Å². The quantitative estimate of drug-likeness (QED) is 0.396. The molecule has 0 fully saturated rings. The van der Waals surface area contributed by atoms with Gasteiger partial charge in [0.1, 0.15) is 0 Å². The molecule has 0 aliphatic carbocycles. The zero-order valence-corrected chi connectivity index (χ0v) is 12.0. The summed E-state index contributed by atoms with van der Waals surface area (Å²) in [6.45, 7) is 1.92. The van der Waals surface area contributed by atoms with Gasteiger partial charge in [0.2, 0.25) is 0 Å². The molecule has 0 spiro atoms.